The standard InChI is InChI=1S/C12H21IN2O9/c1-6(17)15-8-10(19)9(18)7(2-16)24-11(8)23-5-22-4-21-3-14-12(13)20/h7-11,16,18-19H,2-5H2,1H3,(H,14,20)(H,15,17)/t7-,8-,9-,10-,11-/m1/s1. The maximum atomic E-state index is 11.2. The van der Waals surface area contributed by atoms with Gasteiger partial charge in [-0.2, -0.15) is 0 Å². The first-order valence-corrected chi connectivity index (χ1v) is 8.04. The summed E-state index contributed by atoms with van der Waals surface area (Å²) >= 11 is 1.55. The molecule has 140 valence electrons. The van der Waals surface area contributed by atoms with Gasteiger partial charge in [0.05, 0.1) is 6.61 Å². The Morgan fingerprint density at radius 3 is 2.50 bits per heavy atom. The first kappa shape index (κ1) is 21.4. The molecule has 0 aliphatic carbocycles. The van der Waals surface area contributed by atoms with E-state index in [9.17, 15) is 19.8 Å². The molecule has 5 atom stereocenters. The van der Waals surface area contributed by atoms with E-state index in [1.54, 1.807) is 22.6 Å². The second kappa shape index (κ2) is 11.1. The van der Waals surface area contributed by atoms with Crippen LogP contribution in [0.1, 0.15) is 6.92 Å². The molecule has 12 heteroatoms. The van der Waals surface area contributed by atoms with Gasteiger partial charge in [-0.3, -0.25) is 9.59 Å². The molecule has 0 aromatic carbocycles. The Morgan fingerprint density at radius 1 is 1.21 bits per heavy atom. The van der Waals surface area contributed by atoms with Gasteiger partial charge in [0, 0.05) is 29.5 Å². The van der Waals surface area contributed by atoms with Gasteiger partial charge in [0.15, 0.2) is 19.9 Å². The molecule has 0 unspecified atom stereocenters. The molecule has 2 amide bonds. The van der Waals surface area contributed by atoms with Crippen LogP contribution in [0.15, 0.2) is 0 Å². The van der Waals surface area contributed by atoms with Crippen LogP contribution >= 0.6 is 22.6 Å². The number of carbonyl (C=O) groups is 2. The number of hydrogen-bond acceptors (Lipinski definition) is 9. The van der Waals surface area contributed by atoms with Crippen LogP contribution in [0.3, 0.4) is 0 Å². The summed E-state index contributed by atoms with van der Waals surface area (Å²) in [6.45, 7) is 0.182. The average molecular weight is 464 g/mol. The van der Waals surface area contributed by atoms with E-state index in [0.29, 0.717) is 0 Å². The molecule has 0 bridgehead atoms. The van der Waals surface area contributed by atoms with E-state index in [4.69, 9.17) is 24.1 Å². The maximum Gasteiger partial charge on any atom is 0.282 e. The molecule has 5 N–H and O–H groups in total. The van der Waals surface area contributed by atoms with Crippen LogP contribution in [0.4, 0.5) is 4.79 Å². The van der Waals surface area contributed by atoms with Gasteiger partial charge in [-0.25, -0.2) is 0 Å². The Labute approximate surface area is 151 Å². The van der Waals surface area contributed by atoms with Gasteiger partial charge in [0.2, 0.25) is 5.91 Å². The van der Waals surface area contributed by atoms with Gasteiger partial charge in [-0.15, -0.1) is 0 Å². The predicted octanol–water partition coefficient (Wildman–Crippen LogP) is -2.00. The van der Waals surface area contributed by atoms with Crippen molar-refractivity contribution in [2.75, 3.05) is 26.9 Å². The highest BCUT2D eigenvalue weighted by Gasteiger charge is 2.45. The van der Waals surface area contributed by atoms with Crippen molar-refractivity contribution in [3.8, 4) is 0 Å². The molecular formula is C12H21IN2O9. The van der Waals surface area contributed by atoms with Crippen LogP contribution in [0.5, 0.6) is 0 Å². The van der Waals surface area contributed by atoms with Gasteiger partial charge in [0.25, 0.3) is 3.91 Å². The summed E-state index contributed by atoms with van der Waals surface area (Å²) in [6, 6.07) is -1.04. The van der Waals surface area contributed by atoms with Crippen LogP contribution in [0.25, 0.3) is 0 Å². The zero-order chi connectivity index (χ0) is 18.1. The number of halogens is 1. The van der Waals surface area contributed by atoms with Crippen molar-refractivity contribution >= 4 is 32.4 Å². The number of amides is 2. The quantitative estimate of drug-likeness (QED) is 0.0857. The number of ether oxygens (including phenoxy) is 4. The summed E-state index contributed by atoms with van der Waals surface area (Å²) in [5.41, 5.74) is 0. The fourth-order valence-electron chi connectivity index (χ4n) is 1.97. The summed E-state index contributed by atoms with van der Waals surface area (Å²) in [6.07, 6.45) is -4.98. The highest BCUT2D eigenvalue weighted by Crippen LogP contribution is 2.22. The van der Waals surface area contributed by atoms with Gasteiger partial charge >= 0.3 is 0 Å². The van der Waals surface area contributed by atoms with Crippen molar-refractivity contribution in [1.82, 2.24) is 10.6 Å². The van der Waals surface area contributed by atoms with Crippen molar-refractivity contribution in [2.45, 2.75) is 37.6 Å². The zero-order valence-corrected chi connectivity index (χ0v) is 15.0. The number of aliphatic hydroxyl groups excluding tert-OH is 3. The van der Waals surface area contributed by atoms with Crippen molar-refractivity contribution < 1.29 is 43.9 Å². The molecule has 0 saturated carbocycles. The minimum atomic E-state index is -1.39. The van der Waals surface area contributed by atoms with Crippen molar-refractivity contribution in [3.05, 3.63) is 0 Å². The first-order chi connectivity index (χ1) is 11.4. The summed E-state index contributed by atoms with van der Waals surface area (Å²) in [5.74, 6) is -0.454. The lowest BCUT2D eigenvalue weighted by Crippen LogP contribution is -2.64. The molecule has 0 spiro atoms. The van der Waals surface area contributed by atoms with Crippen LogP contribution in [0, 0.1) is 0 Å². The molecule has 1 saturated heterocycles. The van der Waals surface area contributed by atoms with E-state index in [1.165, 1.54) is 6.92 Å². The lowest BCUT2D eigenvalue weighted by Gasteiger charge is -2.41. The monoisotopic (exact) mass is 464 g/mol. The minimum Gasteiger partial charge on any atom is -0.394 e. The number of nitrogens with one attached hydrogen (secondary N) is 2. The Morgan fingerprint density at radius 2 is 1.92 bits per heavy atom. The summed E-state index contributed by atoms with van der Waals surface area (Å²) in [7, 11) is 0. The lowest BCUT2D eigenvalue weighted by molar-refractivity contribution is -0.294. The van der Waals surface area contributed by atoms with E-state index in [0.717, 1.165) is 0 Å². The highest BCUT2D eigenvalue weighted by atomic mass is 127. The Bertz CT molecular complexity index is 414. The molecule has 1 aliphatic rings. The third kappa shape index (κ3) is 7.10. The first-order valence-electron chi connectivity index (χ1n) is 6.96. The molecule has 1 rings (SSSR count). The predicted molar refractivity (Wildman–Crippen MR) is 85.8 cm³/mol. The van der Waals surface area contributed by atoms with Gasteiger partial charge < -0.3 is 44.9 Å². The fraction of sp³-hybridized carbons (Fsp3) is 0.833. The summed E-state index contributed by atoms with van der Waals surface area (Å²) in [5, 5.41) is 33.8. The fourth-order valence-corrected chi connectivity index (χ4v) is 2.13. The number of hydrogen-bond donors (Lipinski definition) is 5. The maximum absolute atomic E-state index is 11.2. The average Bonchev–Trinajstić information content (AvgIpc) is 2.52. The topological polar surface area (TPSA) is 156 Å². The molecule has 1 aliphatic heterocycles. The lowest BCUT2D eigenvalue weighted by atomic mass is 9.97. The smallest absolute Gasteiger partial charge is 0.282 e. The van der Waals surface area contributed by atoms with Crippen molar-refractivity contribution in [2.24, 2.45) is 0 Å². The van der Waals surface area contributed by atoms with Crippen LogP contribution in [-0.2, 0) is 23.7 Å². The van der Waals surface area contributed by atoms with E-state index >= 15 is 0 Å². The van der Waals surface area contributed by atoms with Crippen LogP contribution in [-0.4, -0.2) is 82.7 Å². The molecule has 24 heavy (non-hydrogen) atoms. The third-order valence-electron chi connectivity index (χ3n) is 3.05. The molecule has 0 radical (unpaired) electrons. The molecule has 0 aromatic heterocycles. The number of rotatable bonds is 9. The van der Waals surface area contributed by atoms with E-state index in [2.05, 4.69) is 10.6 Å². The Hall–Kier alpha value is -0.610. The third-order valence-corrected chi connectivity index (χ3v) is 3.43. The Kier molecular flexibility index (Phi) is 9.91. The van der Waals surface area contributed by atoms with Crippen LogP contribution in [0.2, 0.25) is 0 Å². The molecule has 1 heterocycles. The summed E-state index contributed by atoms with van der Waals surface area (Å²) in [4.78, 5) is 21.8. The molecular weight excluding hydrogens is 443 g/mol. The second-order valence-electron chi connectivity index (χ2n) is 4.84. The van der Waals surface area contributed by atoms with Crippen molar-refractivity contribution in [3.63, 3.8) is 0 Å². The van der Waals surface area contributed by atoms with Gasteiger partial charge in [-0.1, -0.05) is 0 Å². The van der Waals surface area contributed by atoms with Crippen molar-refractivity contribution in [1.29, 1.82) is 0 Å². The second-order valence-corrected chi connectivity index (χ2v) is 5.82. The highest BCUT2D eigenvalue weighted by molar-refractivity contribution is 14.1. The van der Waals surface area contributed by atoms with E-state index < -0.39 is 43.2 Å². The molecule has 1 fully saturated rings. The van der Waals surface area contributed by atoms with E-state index in [-0.39, 0.29) is 24.2 Å². The largest absolute Gasteiger partial charge is 0.394 e. The minimum absolute atomic E-state index is 0.0340. The number of aliphatic hydroxyl groups is 3. The van der Waals surface area contributed by atoms with Gasteiger partial charge in [0.1, 0.15) is 31.1 Å². The normalized spacial score (nSPS) is 30.0. The SMILES string of the molecule is CC(=O)N[C@H]1[C@H](OCOCOCNC(=O)I)O[C@H](CO)[C@@H](O)[C@@H]1O. The summed E-state index contributed by atoms with van der Waals surface area (Å²) < 4.78 is 20.2. The van der Waals surface area contributed by atoms with Gasteiger partial charge in [-0.05, 0) is 0 Å². The molecule has 11 nitrogen and oxygen atoms in total. The number of carbonyl (C=O) groups excluding carboxylic acids is 2. The zero-order valence-electron chi connectivity index (χ0n) is 12.9. The van der Waals surface area contributed by atoms with E-state index in [1.807, 2.05) is 0 Å². The Balaban J connectivity index is 2.43. The van der Waals surface area contributed by atoms with Crippen LogP contribution < -0.4 is 10.6 Å². The molecule has 0 aromatic rings.